The number of nitrogens with two attached hydrogens (primary N) is 1. The van der Waals surface area contributed by atoms with Gasteiger partial charge in [0.05, 0.1) is 0 Å². The molecule has 0 radical (unpaired) electrons. The Kier molecular flexibility index (Phi) is 3.33. The van der Waals surface area contributed by atoms with E-state index in [1.54, 1.807) is 0 Å². The highest BCUT2D eigenvalue weighted by atomic mass is 79.9. The Morgan fingerprint density at radius 3 is 2.50 bits per heavy atom. The van der Waals surface area contributed by atoms with E-state index in [0.717, 1.165) is 21.5 Å². The molecule has 2 aliphatic rings. The zero-order valence-electron chi connectivity index (χ0n) is 8.61. The fraction of sp³-hybridized carbons (Fsp3) is 0.455. The van der Waals surface area contributed by atoms with Crippen LogP contribution in [0.5, 0.6) is 11.5 Å². The Hall–Kier alpha value is -0.450. The Bertz CT molecular complexity index is 409. The predicted octanol–water partition coefficient (Wildman–Crippen LogP) is 3.01. The van der Waals surface area contributed by atoms with Crippen LogP contribution in [0.15, 0.2) is 16.6 Å². The van der Waals surface area contributed by atoms with Crippen molar-refractivity contribution in [1.29, 1.82) is 0 Å². The van der Waals surface area contributed by atoms with Gasteiger partial charge >= 0.3 is 0 Å². The van der Waals surface area contributed by atoms with E-state index in [4.69, 9.17) is 15.2 Å². The lowest BCUT2D eigenvalue weighted by atomic mass is 10.0. The fourth-order valence-corrected chi connectivity index (χ4v) is 2.48. The maximum absolute atomic E-state index is 6.17. The van der Waals surface area contributed by atoms with Gasteiger partial charge in [0.15, 0.2) is 11.5 Å². The Morgan fingerprint density at radius 2 is 1.88 bits per heavy atom. The van der Waals surface area contributed by atoms with Gasteiger partial charge in [-0.3, -0.25) is 0 Å². The molecular weight excluding hydrogens is 293 g/mol. The van der Waals surface area contributed by atoms with Gasteiger partial charge in [0, 0.05) is 10.5 Å². The second kappa shape index (κ2) is 4.43. The second-order valence-electron chi connectivity index (χ2n) is 4.09. The van der Waals surface area contributed by atoms with Crippen LogP contribution in [-0.4, -0.2) is 6.79 Å². The van der Waals surface area contributed by atoms with Crippen molar-refractivity contribution < 1.29 is 9.47 Å². The Labute approximate surface area is 109 Å². The molecule has 1 aliphatic carbocycles. The Balaban J connectivity index is 0.000000963. The average molecular weight is 307 g/mol. The van der Waals surface area contributed by atoms with Gasteiger partial charge < -0.3 is 15.2 Å². The predicted molar refractivity (Wildman–Crippen MR) is 67.2 cm³/mol. The number of fused-ring (bicyclic) bond motifs is 1. The lowest BCUT2D eigenvalue weighted by molar-refractivity contribution is 0.174. The van der Waals surface area contributed by atoms with Crippen molar-refractivity contribution in [2.24, 2.45) is 11.7 Å². The third kappa shape index (κ3) is 2.01. The third-order valence-corrected chi connectivity index (χ3v) is 3.67. The number of rotatable bonds is 2. The second-order valence-corrected chi connectivity index (χ2v) is 4.94. The zero-order valence-corrected chi connectivity index (χ0v) is 11.0. The molecule has 88 valence electrons. The molecule has 1 heterocycles. The molecule has 3 rings (SSSR count). The van der Waals surface area contributed by atoms with Crippen LogP contribution in [0.4, 0.5) is 0 Å². The summed E-state index contributed by atoms with van der Waals surface area (Å²) < 4.78 is 11.7. The van der Waals surface area contributed by atoms with E-state index in [-0.39, 0.29) is 18.4 Å². The number of ether oxygens (including phenoxy) is 2. The van der Waals surface area contributed by atoms with Crippen LogP contribution >= 0.6 is 28.3 Å². The van der Waals surface area contributed by atoms with Crippen LogP contribution in [0.1, 0.15) is 24.4 Å². The summed E-state index contributed by atoms with van der Waals surface area (Å²) in [7, 11) is 0. The average Bonchev–Trinajstić information content (AvgIpc) is 2.97. The minimum atomic E-state index is 0. The van der Waals surface area contributed by atoms with Crippen molar-refractivity contribution >= 4 is 28.3 Å². The van der Waals surface area contributed by atoms with Crippen molar-refractivity contribution in [1.82, 2.24) is 0 Å². The highest BCUT2D eigenvalue weighted by Gasteiger charge is 2.31. The summed E-state index contributed by atoms with van der Waals surface area (Å²) in [5.41, 5.74) is 7.30. The molecule has 16 heavy (non-hydrogen) atoms. The lowest BCUT2D eigenvalue weighted by Crippen LogP contribution is -2.12. The fourth-order valence-electron chi connectivity index (χ4n) is 1.90. The van der Waals surface area contributed by atoms with E-state index < -0.39 is 0 Å². The molecular formula is C11H13BrClNO2. The Morgan fingerprint density at radius 1 is 1.25 bits per heavy atom. The summed E-state index contributed by atoms with van der Waals surface area (Å²) in [6, 6.07) is 4.06. The van der Waals surface area contributed by atoms with Crippen molar-refractivity contribution in [3.8, 4) is 11.5 Å². The van der Waals surface area contributed by atoms with Crippen LogP contribution in [0.2, 0.25) is 0 Å². The van der Waals surface area contributed by atoms with Gasteiger partial charge in [0.1, 0.15) is 0 Å². The van der Waals surface area contributed by atoms with E-state index in [2.05, 4.69) is 15.9 Å². The van der Waals surface area contributed by atoms with E-state index in [1.807, 2.05) is 12.1 Å². The molecule has 1 aromatic rings. The van der Waals surface area contributed by atoms with Gasteiger partial charge in [-0.1, -0.05) is 15.9 Å². The third-order valence-electron chi connectivity index (χ3n) is 2.98. The van der Waals surface area contributed by atoms with Gasteiger partial charge in [0.25, 0.3) is 0 Å². The molecule has 1 aliphatic heterocycles. The first-order valence-corrected chi connectivity index (χ1v) is 5.89. The van der Waals surface area contributed by atoms with Crippen LogP contribution in [0, 0.1) is 5.92 Å². The summed E-state index contributed by atoms with van der Waals surface area (Å²) >= 11 is 3.53. The highest BCUT2D eigenvalue weighted by Crippen LogP contribution is 2.45. The highest BCUT2D eigenvalue weighted by molar-refractivity contribution is 9.10. The number of hydrogen-bond donors (Lipinski definition) is 1. The topological polar surface area (TPSA) is 44.5 Å². The maximum Gasteiger partial charge on any atom is 0.231 e. The summed E-state index contributed by atoms with van der Waals surface area (Å²) in [6.07, 6.45) is 2.48. The molecule has 0 aromatic heterocycles. The van der Waals surface area contributed by atoms with Crippen LogP contribution in [0.25, 0.3) is 0 Å². The molecule has 1 aromatic carbocycles. The van der Waals surface area contributed by atoms with Crippen molar-refractivity contribution in [3.05, 3.63) is 22.2 Å². The minimum Gasteiger partial charge on any atom is -0.454 e. The standard InChI is InChI=1S/C11H12BrNO2.ClH/c12-8-4-10-9(14-5-15-10)3-7(8)11(13)6-1-2-6;/h3-4,6,11H,1-2,5,13H2;1H/t11-;/m1./s1. The van der Waals surface area contributed by atoms with Crippen LogP contribution in [0.3, 0.4) is 0 Å². The number of benzene rings is 1. The minimum absolute atomic E-state index is 0. The molecule has 0 spiro atoms. The van der Waals surface area contributed by atoms with Gasteiger partial charge in [0.2, 0.25) is 6.79 Å². The summed E-state index contributed by atoms with van der Waals surface area (Å²) in [4.78, 5) is 0. The quantitative estimate of drug-likeness (QED) is 0.913. The van der Waals surface area contributed by atoms with Gasteiger partial charge in [-0.2, -0.15) is 0 Å². The van der Waals surface area contributed by atoms with Gasteiger partial charge in [-0.25, -0.2) is 0 Å². The number of hydrogen-bond acceptors (Lipinski definition) is 3. The summed E-state index contributed by atoms with van der Waals surface area (Å²) in [5, 5.41) is 0. The van der Waals surface area contributed by atoms with E-state index in [0.29, 0.717) is 12.7 Å². The van der Waals surface area contributed by atoms with Gasteiger partial charge in [-0.05, 0) is 36.5 Å². The molecule has 5 heteroatoms. The first kappa shape index (κ1) is 12.0. The SMILES string of the molecule is Cl.N[C@@H](c1cc2c(cc1Br)OCO2)C1CC1. The molecule has 3 nitrogen and oxygen atoms in total. The largest absolute Gasteiger partial charge is 0.454 e. The van der Waals surface area contributed by atoms with Crippen molar-refractivity contribution in [3.63, 3.8) is 0 Å². The van der Waals surface area contributed by atoms with Crippen molar-refractivity contribution in [2.75, 3.05) is 6.79 Å². The maximum atomic E-state index is 6.17. The monoisotopic (exact) mass is 305 g/mol. The van der Waals surface area contributed by atoms with Crippen LogP contribution < -0.4 is 15.2 Å². The molecule has 1 atom stereocenters. The molecule has 0 amide bonds. The molecule has 0 unspecified atom stereocenters. The molecule has 0 saturated heterocycles. The van der Waals surface area contributed by atoms with E-state index in [9.17, 15) is 0 Å². The summed E-state index contributed by atoms with van der Waals surface area (Å²) in [6.45, 7) is 0.309. The van der Waals surface area contributed by atoms with Crippen LogP contribution in [-0.2, 0) is 0 Å². The van der Waals surface area contributed by atoms with E-state index in [1.165, 1.54) is 12.8 Å². The zero-order chi connectivity index (χ0) is 10.4. The smallest absolute Gasteiger partial charge is 0.231 e. The summed E-state index contributed by atoms with van der Waals surface area (Å²) in [5.74, 6) is 2.25. The van der Waals surface area contributed by atoms with Crippen molar-refractivity contribution in [2.45, 2.75) is 18.9 Å². The van der Waals surface area contributed by atoms with Gasteiger partial charge in [-0.15, -0.1) is 12.4 Å². The van der Waals surface area contributed by atoms with E-state index >= 15 is 0 Å². The normalized spacial score (nSPS) is 19.1. The first-order valence-electron chi connectivity index (χ1n) is 5.10. The molecule has 2 N–H and O–H groups in total. The molecule has 0 bridgehead atoms. The molecule has 1 fully saturated rings. The molecule has 1 saturated carbocycles. The first-order chi connectivity index (χ1) is 7.25. The number of halogens is 2. The lowest BCUT2D eigenvalue weighted by Gasteiger charge is -2.13.